The van der Waals surface area contributed by atoms with Crippen LogP contribution in [0.1, 0.15) is 55.7 Å². The molecule has 1 aliphatic heterocycles. The van der Waals surface area contributed by atoms with Crippen LogP contribution in [0.2, 0.25) is 0 Å². The van der Waals surface area contributed by atoms with Crippen molar-refractivity contribution in [1.82, 2.24) is 21.1 Å². The van der Waals surface area contributed by atoms with Crippen LogP contribution in [0.4, 0.5) is 13.2 Å². The lowest BCUT2D eigenvalue weighted by atomic mass is 9.89. The number of pyridine rings is 1. The first-order chi connectivity index (χ1) is 16.9. The Balaban J connectivity index is 1.24. The maximum atomic E-state index is 12.6. The molecule has 0 radical (unpaired) electrons. The summed E-state index contributed by atoms with van der Waals surface area (Å²) in [5.41, 5.74) is 7.07. The van der Waals surface area contributed by atoms with Gasteiger partial charge in [-0.2, -0.15) is 13.2 Å². The molecule has 0 spiro atoms. The lowest BCUT2D eigenvalue weighted by Crippen LogP contribution is -2.45. The van der Waals surface area contributed by atoms with Crippen molar-refractivity contribution in [3.63, 3.8) is 0 Å². The zero-order valence-electron chi connectivity index (χ0n) is 19.5. The third-order valence-corrected chi connectivity index (χ3v) is 6.06. The third kappa shape index (κ3) is 7.08. The molecule has 1 aromatic heterocycles. The number of amidine groups is 1. The van der Waals surface area contributed by atoms with Gasteiger partial charge in [-0.05, 0) is 49.4 Å². The molecule has 188 valence electrons. The van der Waals surface area contributed by atoms with Crippen LogP contribution in [0.15, 0.2) is 52.9 Å². The topological polar surface area (TPSA) is 83.4 Å². The minimum Gasteiger partial charge on any atom is -0.469 e. The number of hydrogen-bond donors (Lipinski definition) is 2. The first-order valence-electron chi connectivity index (χ1n) is 11.6. The van der Waals surface area contributed by atoms with Gasteiger partial charge in [0.2, 0.25) is 5.88 Å². The number of rotatable bonds is 9. The molecular weight excluding hydrogens is 461 g/mol. The third-order valence-electron chi connectivity index (χ3n) is 6.06. The Hall–Kier alpha value is -3.34. The summed E-state index contributed by atoms with van der Waals surface area (Å²) in [6.07, 6.45) is 3.64. The van der Waals surface area contributed by atoms with E-state index in [9.17, 15) is 13.2 Å². The monoisotopic (exact) mass is 490 g/mol. The molecule has 0 saturated heterocycles. The van der Waals surface area contributed by atoms with E-state index < -0.39 is 11.7 Å². The van der Waals surface area contributed by atoms with E-state index in [-0.39, 0.29) is 13.2 Å². The van der Waals surface area contributed by atoms with E-state index in [1.165, 1.54) is 44.2 Å². The molecule has 0 amide bonds. The molecule has 2 aliphatic rings. The highest BCUT2D eigenvalue weighted by Crippen LogP contribution is 2.29. The number of nitrogens with zero attached hydrogens (tertiary/aromatic N) is 4. The number of hydrazine groups is 2. The van der Waals surface area contributed by atoms with Gasteiger partial charge in [-0.25, -0.2) is 10.5 Å². The zero-order chi connectivity index (χ0) is 24.7. The minimum absolute atomic E-state index is 0.0612. The Morgan fingerprint density at radius 1 is 1.09 bits per heavy atom. The average Bonchev–Trinajstić information content (AvgIpc) is 3.30. The summed E-state index contributed by atoms with van der Waals surface area (Å²) in [5.74, 6) is 1.89. The maximum absolute atomic E-state index is 12.6. The van der Waals surface area contributed by atoms with Crippen LogP contribution in [0.5, 0.6) is 5.88 Å². The van der Waals surface area contributed by atoms with Gasteiger partial charge >= 0.3 is 6.18 Å². The molecule has 1 saturated carbocycles. The number of halogens is 3. The van der Waals surface area contributed by atoms with Gasteiger partial charge < -0.3 is 9.57 Å². The lowest BCUT2D eigenvalue weighted by Gasteiger charge is -2.27. The van der Waals surface area contributed by atoms with E-state index in [0.717, 1.165) is 30.1 Å². The molecule has 2 aromatic rings. The quantitative estimate of drug-likeness (QED) is 0.394. The van der Waals surface area contributed by atoms with Gasteiger partial charge in [0.05, 0.1) is 11.3 Å². The van der Waals surface area contributed by atoms with E-state index in [1.54, 1.807) is 19.2 Å². The van der Waals surface area contributed by atoms with E-state index in [0.29, 0.717) is 23.1 Å². The lowest BCUT2D eigenvalue weighted by molar-refractivity contribution is -0.137. The fourth-order valence-corrected chi connectivity index (χ4v) is 4.03. The van der Waals surface area contributed by atoms with Crippen molar-refractivity contribution in [2.45, 2.75) is 51.8 Å². The molecule has 2 N–H and O–H groups in total. The molecule has 35 heavy (non-hydrogen) atoms. The first-order valence-corrected chi connectivity index (χ1v) is 11.6. The predicted octanol–water partition coefficient (Wildman–Crippen LogP) is 4.64. The standard InChI is InChI=1S/C24H29F3N6O2/c1-17(30-35-15-19-7-10-21(11-8-19)24(25,26)27)20-9-12-23(28-13-20)34-16-22-29-31-32-33(22)14-18-5-3-2-4-6-18/h7-13,18,31-32H,2-6,14-16H2,1H3. The van der Waals surface area contributed by atoms with Crippen LogP contribution in [0.3, 0.4) is 0 Å². The number of benzene rings is 1. The van der Waals surface area contributed by atoms with Crippen LogP contribution in [0, 0.1) is 5.92 Å². The molecule has 11 heteroatoms. The maximum Gasteiger partial charge on any atom is 0.416 e. The number of alkyl halides is 3. The summed E-state index contributed by atoms with van der Waals surface area (Å²) < 4.78 is 43.7. The van der Waals surface area contributed by atoms with Crippen LogP contribution in [-0.2, 0) is 17.6 Å². The molecule has 1 aliphatic carbocycles. The minimum atomic E-state index is -4.36. The molecule has 8 nitrogen and oxygen atoms in total. The highest BCUT2D eigenvalue weighted by Gasteiger charge is 2.30. The second-order valence-electron chi connectivity index (χ2n) is 8.68. The van der Waals surface area contributed by atoms with Gasteiger partial charge in [0.25, 0.3) is 0 Å². The number of aromatic nitrogens is 1. The molecule has 0 unspecified atom stereocenters. The van der Waals surface area contributed by atoms with Gasteiger partial charge in [-0.3, -0.25) is 5.01 Å². The number of nitrogens with one attached hydrogen (secondary N) is 2. The van der Waals surface area contributed by atoms with Crippen molar-refractivity contribution in [3.8, 4) is 5.88 Å². The van der Waals surface area contributed by atoms with Crippen molar-refractivity contribution in [3.05, 3.63) is 59.3 Å². The fourth-order valence-electron chi connectivity index (χ4n) is 4.03. The summed E-state index contributed by atoms with van der Waals surface area (Å²) in [6, 6.07) is 8.35. The molecule has 0 atom stereocenters. The van der Waals surface area contributed by atoms with E-state index in [1.807, 2.05) is 11.1 Å². The van der Waals surface area contributed by atoms with E-state index in [2.05, 4.69) is 26.3 Å². The second-order valence-corrected chi connectivity index (χ2v) is 8.68. The smallest absolute Gasteiger partial charge is 0.416 e. The van der Waals surface area contributed by atoms with Gasteiger partial charge in [0.1, 0.15) is 6.61 Å². The van der Waals surface area contributed by atoms with E-state index >= 15 is 0 Å². The Bertz CT molecular complexity index is 1020. The van der Waals surface area contributed by atoms with Gasteiger partial charge in [-0.1, -0.05) is 36.6 Å². The predicted molar refractivity (Wildman–Crippen MR) is 125 cm³/mol. The number of ether oxygens (including phenoxy) is 1. The summed E-state index contributed by atoms with van der Waals surface area (Å²) in [7, 11) is 0. The second kappa shape index (κ2) is 11.4. The molecule has 2 heterocycles. The average molecular weight is 491 g/mol. The summed E-state index contributed by atoms with van der Waals surface area (Å²) in [4.78, 5) is 9.61. The first kappa shape index (κ1) is 24.8. The molecule has 1 fully saturated rings. The SMILES string of the molecule is CC(=NOCc1ccc(C(F)(F)F)cc1)c1ccc(OCC2=NNNN2CC2CCCCC2)nc1. The summed E-state index contributed by atoms with van der Waals surface area (Å²) >= 11 is 0. The highest BCUT2D eigenvalue weighted by atomic mass is 19.4. The van der Waals surface area contributed by atoms with Crippen LogP contribution < -0.4 is 15.8 Å². The van der Waals surface area contributed by atoms with Crippen molar-refractivity contribution >= 4 is 11.5 Å². The Labute approximate surface area is 202 Å². The molecule has 0 bridgehead atoms. The molecular formula is C24H29F3N6O2. The largest absolute Gasteiger partial charge is 0.469 e. The van der Waals surface area contributed by atoms with Crippen LogP contribution in [0.25, 0.3) is 0 Å². The number of hydrazone groups is 1. The Morgan fingerprint density at radius 2 is 1.86 bits per heavy atom. The summed E-state index contributed by atoms with van der Waals surface area (Å²) in [6.45, 7) is 3.00. The summed E-state index contributed by atoms with van der Waals surface area (Å²) in [5, 5.41) is 10.3. The molecule has 4 rings (SSSR count). The van der Waals surface area contributed by atoms with Crippen LogP contribution >= 0.6 is 0 Å². The Kier molecular flexibility index (Phi) is 8.06. The number of oxime groups is 1. The van der Waals surface area contributed by atoms with Gasteiger partial charge in [-0.15, -0.1) is 10.6 Å². The fraction of sp³-hybridized carbons (Fsp3) is 0.458. The molecule has 1 aromatic carbocycles. The van der Waals surface area contributed by atoms with Gasteiger partial charge in [0, 0.05) is 24.4 Å². The number of hydrogen-bond acceptors (Lipinski definition) is 8. The van der Waals surface area contributed by atoms with Crippen LogP contribution in [-0.4, -0.2) is 34.7 Å². The normalized spacial score (nSPS) is 17.2. The van der Waals surface area contributed by atoms with Gasteiger partial charge in [0.15, 0.2) is 12.4 Å². The zero-order valence-corrected chi connectivity index (χ0v) is 19.5. The Morgan fingerprint density at radius 3 is 2.54 bits per heavy atom. The van der Waals surface area contributed by atoms with Crippen molar-refractivity contribution in [2.75, 3.05) is 13.2 Å². The van der Waals surface area contributed by atoms with Crippen molar-refractivity contribution in [1.29, 1.82) is 0 Å². The van der Waals surface area contributed by atoms with E-state index in [4.69, 9.17) is 9.57 Å². The van der Waals surface area contributed by atoms with Crippen molar-refractivity contribution in [2.24, 2.45) is 16.2 Å². The highest BCUT2D eigenvalue weighted by molar-refractivity contribution is 5.98. The van der Waals surface area contributed by atoms with Crippen molar-refractivity contribution < 1.29 is 22.7 Å².